The topological polar surface area (TPSA) is 61.4 Å². The molecule has 0 saturated heterocycles. The molecule has 0 aliphatic heterocycles. The van der Waals surface area contributed by atoms with Gasteiger partial charge < -0.3 is 15.7 Å². The molecule has 0 radical (unpaired) electrons. The van der Waals surface area contributed by atoms with Gasteiger partial charge in [-0.25, -0.2) is 4.79 Å². The number of hydrogen-bond acceptors (Lipinski definition) is 3. The van der Waals surface area contributed by atoms with Crippen molar-refractivity contribution in [2.45, 2.75) is 43.9 Å². The fourth-order valence-electron chi connectivity index (χ4n) is 7.10. The smallest absolute Gasteiger partial charge is 0.335 e. The lowest BCUT2D eigenvalue weighted by Gasteiger charge is -2.57. The zero-order chi connectivity index (χ0) is 23.3. The number of nitrogens with one attached hydrogen (secondary N) is 2. The molecule has 0 atom stereocenters. The van der Waals surface area contributed by atoms with Gasteiger partial charge in [-0.1, -0.05) is 23.7 Å². The lowest BCUT2D eigenvalue weighted by molar-refractivity contribution is -0.00518. The summed E-state index contributed by atoms with van der Waals surface area (Å²) in [6.07, 6.45) is 8.36. The maximum atomic E-state index is 11.2. The van der Waals surface area contributed by atoms with Gasteiger partial charge in [-0.15, -0.1) is 0 Å². The molecule has 3 N–H and O–H groups in total. The van der Waals surface area contributed by atoms with E-state index < -0.39 is 5.97 Å². The van der Waals surface area contributed by atoms with Crippen LogP contribution in [-0.2, 0) is 5.41 Å². The summed E-state index contributed by atoms with van der Waals surface area (Å²) in [5, 5.41) is 16.7. The zero-order valence-corrected chi connectivity index (χ0v) is 19.8. The van der Waals surface area contributed by atoms with Crippen molar-refractivity contribution < 1.29 is 9.90 Å². The molecule has 0 heterocycles. The van der Waals surface area contributed by atoms with Crippen LogP contribution < -0.4 is 10.6 Å². The molecule has 4 aliphatic carbocycles. The van der Waals surface area contributed by atoms with Crippen LogP contribution in [-0.4, -0.2) is 11.1 Å². The Balaban J connectivity index is 1.15. The molecular formula is C29H29ClN2O2. The molecule has 0 amide bonds. The molecule has 4 saturated carbocycles. The predicted octanol–water partition coefficient (Wildman–Crippen LogP) is 7.99. The van der Waals surface area contributed by atoms with Gasteiger partial charge in [0.25, 0.3) is 0 Å². The summed E-state index contributed by atoms with van der Waals surface area (Å²) in [5.41, 5.74) is 5.54. The normalized spacial score (nSPS) is 26.9. The van der Waals surface area contributed by atoms with E-state index in [-0.39, 0.29) is 5.56 Å². The third-order valence-corrected chi connectivity index (χ3v) is 8.49. The second-order valence-corrected chi connectivity index (χ2v) is 11.0. The quantitative estimate of drug-likeness (QED) is 0.340. The first kappa shape index (κ1) is 21.5. The highest BCUT2D eigenvalue weighted by Crippen LogP contribution is 2.61. The van der Waals surface area contributed by atoms with Crippen molar-refractivity contribution in [1.82, 2.24) is 0 Å². The van der Waals surface area contributed by atoms with E-state index in [9.17, 15) is 9.90 Å². The van der Waals surface area contributed by atoms with E-state index in [1.54, 1.807) is 18.2 Å². The lowest BCUT2D eigenvalue weighted by atomic mass is 9.48. The van der Waals surface area contributed by atoms with Gasteiger partial charge >= 0.3 is 5.97 Å². The zero-order valence-electron chi connectivity index (χ0n) is 19.1. The number of halogens is 1. The van der Waals surface area contributed by atoms with Crippen molar-refractivity contribution in [3.63, 3.8) is 0 Å². The van der Waals surface area contributed by atoms with Gasteiger partial charge in [-0.05, 0) is 122 Å². The van der Waals surface area contributed by atoms with Crippen LogP contribution in [0.3, 0.4) is 0 Å². The minimum Gasteiger partial charge on any atom is -0.478 e. The van der Waals surface area contributed by atoms with E-state index in [0.717, 1.165) is 45.5 Å². The van der Waals surface area contributed by atoms with Crippen LogP contribution in [0.4, 0.5) is 22.7 Å². The fourth-order valence-corrected chi connectivity index (χ4v) is 7.33. The van der Waals surface area contributed by atoms with Gasteiger partial charge in [-0.3, -0.25) is 0 Å². The molecule has 4 bridgehead atoms. The molecule has 5 heteroatoms. The standard InChI is InChI=1S/C29H29ClN2O2/c30-26-14-22(29-15-18-10-19(16-29)12-20(11-18)17-29)4-9-27(26)32-24-7-5-23(6-8-24)31-25-3-1-2-21(13-25)28(33)34/h1-9,13-14,18-20,31-32H,10-12,15-17H2,(H,33,34). The summed E-state index contributed by atoms with van der Waals surface area (Å²) >= 11 is 6.78. The Morgan fingerprint density at radius 1 is 0.794 bits per heavy atom. The molecule has 4 aliphatic rings. The van der Waals surface area contributed by atoms with Crippen molar-refractivity contribution in [2.75, 3.05) is 10.6 Å². The Morgan fingerprint density at radius 3 is 2.00 bits per heavy atom. The van der Waals surface area contributed by atoms with Crippen LogP contribution in [0.5, 0.6) is 0 Å². The minimum absolute atomic E-state index is 0.259. The van der Waals surface area contributed by atoms with E-state index in [2.05, 4.69) is 28.8 Å². The molecule has 7 rings (SSSR count). The number of carbonyl (C=O) groups is 1. The third kappa shape index (κ3) is 4.05. The molecule has 0 unspecified atom stereocenters. The summed E-state index contributed by atoms with van der Waals surface area (Å²) in [6, 6.07) is 21.4. The maximum absolute atomic E-state index is 11.2. The van der Waals surface area contributed by atoms with Crippen LogP contribution in [0, 0.1) is 17.8 Å². The van der Waals surface area contributed by atoms with Gasteiger partial charge in [0.05, 0.1) is 16.3 Å². The van der Waals surface area contributed by atoms with Crippen LogP contribution in [0.1, 0.15) is 54.4 Å². The number of rotatable bonds is 6. The Morgan fingerprint density at radius 2 is 1.41 bits per heavy atom. The fraction of sp³-hybridized carbons (Fsp3) is 0.345. The number of carboxylic acid groups (broad SMARTS) is 1. The Hall–Kier alpha value is -2.98. The highest BCUT2D eigenvalue weighted by atomic mass is 35.5. The van der Waals surface area contributed by atoms with Crippen LogP contribution >= 0.6 is 11.6 Å². The van der Waals surface area contributed by atoms with Crippen LogP contribution in [0.15, 0.2) is 66.7 Å². The summed E-state index contributed by atoms with van der Waals surface area (Å²) < 4.78 is 0. The van der Waals surface area contributed by atoms with Gasteiger partial charge in [0, 0.05) is 17.1 Å². The van der Waals surface area contributed by atoms with Crippen molar-refractivity contribution in [3.8, 4) is 0 Å². The highest BCUT2D eigenvalue weighted by molar-refractivity contribution is 6.33. The second kappa shape index (κ2) is 8.35. The van der Waals surface area contributed by atoms with Gasteiger partial charge in [0.2, 0.25) is 0 Å². The third-order valence-electron chi connectivity index (χ3n) is 8.18. The summed E-state index contributed by atoms with van der Waals surface area (Å²) in [7, 11) is 0. The average molecular weight is 473 g/mol. The van der Waals surface area contributed by atoms with E-state index >= 15 is 0 Å². The van der Waals surface area contributed by atoms with E-state index in [1.807, 2.05) is 30.3 Å². The van der Waals surface area contributed by atoms with Crippen molar-refractivity contribution in [2.24, 2.45) is 17.8 Å². The number of benzene rings is 3. The summed E-state index contributed by atoms with van der Waals surface area (Å²) in [4.78, 5) is 11.2. The van der Waals surface area contributed by atoms with Gasteiger partial charge in [-0.2, -0.15) is 0 Å². The summed E-state index contributed by atoms with van der Waals surface area (Å²) in [6.45, 7) is 0. The first-order chi connectivity index (χ1) is 16.5. The first-order valence-electron chi connectivity index (χ1n) is 12.2. The number of hydrogen-bond donors (Lipinski definition) is 3. The van der Waals surface area contributed by atoms with Crippen LogP contribution in [0.25, 0.3) is 0 Å². The average Bonchev–Trinajstić information content (AvgIpc) is 2.81. The Labute approximate surface area is 205 Å². The predicted molar refractivity (Wildman–Crippen MR) is 138 cm³/mol. The number of carboxylic acids is 1. The molecule has 34 heavy (non-hydrogen) atoms. The first-order valence-corrected chi connectivity index (χ1v) is 12.6. The number of aromatic carboxylic acids is 1. The van der Waals surface area contributed by atoms with Crippen molar-refractivity contribution in [3.05, 3.63) is 82.9 Å². The monoisotopic (exact) mass is 472 g/mol. The highest BCUT2D eigenvalue weighted by Gasteiger charge is 2.51. The van der Waals surface area contributed by atoms with Crippen LogP contribution in [0.2, 0.25) is 5.02 Å². The van der Waals surface area contributed by atoms with Crippen molar-refractivity contribution in [1.29, 1.82) is 0 Å². The minimum atomic E-state index is -0.936. The maximum Gasteiger partial charge on any atom is 0.335 e. The molecule has 0 aromatic heterocycles. The molecular weight excluding hydrogens is 444 g/mol. The molecule has 4 nitrogen and oxygen atoms in total. The molecule has 174 valence electrons. The summed E-state index contributed by atoms with van der Waals surface area (Å²) in [5.74, 6) is 1.82. The Bertz CT molecular complexity index is 1200. The van der Waals surface area contributed by atoms with E-state index in [4.69, 9.17) is 11.6 Å². The van der Waals surface area contributed by atoms with E-state index in [0.29, 0.717) is 5.41 Å². The lowest BCUT2D eigenvalue weighted by Crippen LogP contribution is -2.48. The van der Waals surface area contributed by atoms with Gasteiger partial charge in [0.1, 0.15) is 0 Å². The second-order valence-electron chi connectivity index (χ2n) is 10.6. The molecule has 3 aromatic carbocycles. The molecule has 0 spiro atoms. The molecule has 3 aromatic rings. The van der Waals surface area contributed by atoms with E-state index in [1.165, 1.54) is 44.1 Å². The Kier molecular flexibility index (Phi) is 5.29. The molecule has 4 fully saturated rings. The van der Waals surface area contributed by atoms with Gasteiger partial charge in [0.15, 0.2) is 0 Å². The number of anilines is 4. The SMILES string of the molecule is O=C(O)c1cccc(Nc2ccc(Nc3ccc(C45CC6CC(CC(C6)C4)C5)cc3Cl)cc2)c1. The van der Waals surface area contributed by atoms with Crippen molar-refractivity contribution >= 4 is 40.3 Å². The largest absolute Gasteiger partial charge is 0.478 e.